The van der Waals surface area contributed by atoms with Crippen LogP contribution in [0.3, 0.4) is 0 Å². The number of hydrogen-bond donors (Lipinski definition) is 0. The van der Waals surface area contributed by atoms with Crippen molar-refractivity contribution >= 4 is 5.69 Å². The second-order valence-electron chi connectivity index (χ2n) is 8.72. The van der Waals surface area contributed by atoms with Crippen LogP contribution in [-0.2, 0) is 9.47 Å². The van der Waals surface area contributed by atoms with Gasteiger partial charge in [0, 0.05) is 37.7 Å². The Morgan fingerprint density at radius 2 is 1.63 bits per heavy atom. The van der Waals surface area contributed by atoms with Gasteiger partial charge in [0.25, 0.3) is 0 Å². The number of ether oxygens (including phenoxy) is 5. The van der Waals surface area contributed by atoms with Gasteiger partial charge in [-0.25, -0.2) is 0 Å². The van der Waals surface area contributed by atoms with Gasteiger partial charge in [0.05, 0.1) is 18.9 Å². The molecule has 0 aromatic heterocycles. The molecule has 5 rings (SSSR count). The molecule has 35 heavy (non-hydrogen) atoms. The third-order valence-corrected chi connectivity index (χ3v) is 6.54. The predicted molar refractivity (Wildman–Crippen MR) is 122 cm³/mol. The zero-order valence-electron chi connectivity index (χ0n) is 19.3. The van der Waals surface area contributed by atoms with Crippen LogP contribution in [0.1, 0.15) is 17.9 Å². The summed E-state index contributed by atoms with van der Waals surface area (Å²) >= 11 is 0. The van der Waals surface area contributed by atoms with Crippen molar-refractivity contribution in [2.24, 2.45) is 0 Å². The average molecular weight is 495 g/mol. The summed E-state index contributed by atoms with van der Waals surface area (Å²) < 4.78 is 66.3. The van der Waals surface area contributed by atoms with Crippen molar-refractivity contribution in [3.63, 3.8) is 0 Å². The number of anilines is 1. The summed E-state index contributed by atoms with van der Waals surface area (Å²) in [5.74, 6) is 0.991. The van der Waals surface area contributed by atoms with Gasteiger partial charge in [-0.1, -0.05) is 24.3 Å². The fourth-order valence-electron chi connectivity index (χ4n) is 4.89. The standard InChI is InChI=1S/C25H29F3N2O5/c26-25(27,28)35-21-6-2-1-4-18(21)19(24-33-16-17-34-24)8-9-29-10-12-30(13-11-29)20-5-3-7-22-23(20)32-15-14-31-22/h1-7,19,24H,8-17H2. The molecular formula is C25H29F3N2O5. The number of para-hydroxylation sites is 2. The zero-order valence-corrected chi connectivity index (χ0v) is 19.3. The fourth-order valence-corrected chi connectivity index (χ4v) is 4.89. The second kappa shape index (κ2) is 10.5. The molecular weight excluding hydrogens is 465 g/mol. The van der Waals surface area contributed by atoms with Crippen LogP contribution in [0.25, 0.3) is 0 Å². The van der Waals surface area contributed by atoms with Gasteiger partial charge in [-0.2, -0.15) is 0 Å². The van der Waals surface area contributed by atoms with Crippen molar-refractivity contribution in [2.75, 3.05) is 64.1 Å². The van der Waals surface area contributed by atoms with Crippen molar-refractivity contribution in [3.05, 3.63) is 48.0 Å². The Morgan fingerprint density at radius 1 is 0.886 bits per heavy atom. The molecule has 3 aliphatic rings. The van der Waals surface area contributed by atoms with E-state index in [2.05, 4.69) is 14.5 Å². The molecule has 0 spiro atoms. The summed E-state index contributed by atoms with van der Waals surface area (Å²) in [6, 6.07) is 12.2. The summed E-state index contributed by atoms with van der Waals surface area (Å²) in [5.41, 5.74) is 1.48. The molecule has 2 saturated heterocycles. The van der Waals surface area contributed by atoms with Crippen molar-refractivity contribution in [1.29, 1.82) is 0 Å². The van der Waals surface area contributed by atoms with Gasteiger partial charge in [-0.05, 0) is 31.2 Å². The summed E-state index contributed by atoms with van der Waals surface area (Å²) in [6.07, 6.45) is -4.78. The van der Waals surface area contributed by atoms with E-state index < -0.39 is 12.7 Å². The van der Waals surface area contributed by atoms with Crippen molar-refractivity contribution in [3.8, 4) is 17.2 Å². The summed E-state index contributed by atoms with van der Waals surface area (Å²) in [6.45, 7) is 5.92. The molecule has 3 heterocycles. The van der Waals surface area contributed by atoms with Crippen LogP contribution >= 0.6 is 0 Å². The Morgan fingerprint density at radius 3 is 2.40 bits per heavy atom. The molecule has 1 unspecified atom stereocenters. The lowest BCUT2D eigenvalue weighted by Gasteiger charge is -2.38. The van der Waals surface area contributed by atoms with Gasteiger partial charge in [-0.3, -0.25) is 4.90 Å². The molecule has 0 amide bonds. The molecule has 0 aliphatic carbocycles. The minimum Gasteiger partial charge on any atom is -0.486 e. The van der Waals surface area contributed by atoms with E-state index in [4.69, 9.17) is 18.9 Å². The molecule has 0 saturated carbocycles. The highest BCUT2D eigenvalue weighted by Crippen LogP contribution is 2.40. The molecule has 190 valence electrons. The first-order valence-corrected chi connectivity index (χ1v) is 11.9. The number of hydrogen-bond acceptors (Lipinski definition) is 7. The first-order chi connectivity index (χ1) is 17.0. The number of halogens is 3. The number of fused-ring (bicyclic) bond motifs is 1. The normalized spacial score (nSPS) is 20.1. The fraction of sp³-hybridized carbons (Fsp3) is 0.520. The molecule has 2 aromatic carbocycles. The predicted octanol–water partition coefficient (Wildman–Crippen LogP) is 4.03. The Bertz CT molecular complexity index is 991. The van der Waals surface area contributed by atoms with Crippen molar-refractivity contribution in [2.45, 2.75) is 25.0 Å². The van der Waals surface area contributed by atoms with E-state index in [9.17, 15) is 13.2 Å². The Hall–Kier alpha value is -2.69. The lowest BCUT2D eigenvalue weighted by atomic mass is 9.93. The quantitative estimate of drug-likeness (QED) is 0.576. The summed E-state index contributed by atoms with van der Waals surface area (Å²) in [5, 5.41) is 0. The molecule has 7 nitrogen and oxygen atoms in total. The largest absolute Gasteiger partial charge is 0.573 e. The van der Waals surface area contributed by atoms with Crippen LogP contribution in [-0.4, -0.2) is 76.7 Å². The van der Waals surface area contributed by atoms with E-state index in [0.717, 1.165) is 43.4 Å². The molecule has 2 aromatic rings. The van der Waals surface area contributed by atoms with Crippen LogP contribution in [0, 0.1) is 0 Å². The molecule has 10 heteroatoms. The maximum absolute atomic E-state index is 13.0. The van der Waals surface area contributed by atoms with Gasteiger partial charge < -0.3 is 28.6 Å². The van der Waals surface area contributed by atoms with Crippen LogP contribution in [0.5, 0.6) is 17.2 Å². The lowest BCUT2D eigenvalue weighted by molar-refractivity contribution is -0.275. The third kappa shape index (κ3) is 5.76. The van der Waals surface area contributed by atoms with E-state index in [1.165, 1.54) is 12.1 Å². The van der Waals surface area contributed by atoms with Gasteiger partial charge in [0.1, 0.15) is 19.0 Å². The first-order valence-electron chi connectivity index (χ1n) is 11.9. The SMILES string of the molecule is FC(F)(F)Oc1ccccc1C(CCN1CCN(c2cccc3c2OCCO3)CC1)C1OCCO1. The summed E-state index contributed by atoms with van der Waals surface area (Å²) in [4.78, 5) is 4.61. The Kier molecular flexibility index (Phi) is 7.22. The highest BCUT2D eigenvalue weighted by Gasteiger charge is 2.36. The lowest BCUT2D eigenvalue weighted by Crippen LogP contribution is -2.47. The van der Waals surface area contributed by atoms with Crippen LogP contribution in [0.2, 0.25) is 0 Å². The van der Waals surface area contributed by atoms with Gasteiger partial charge >= 0.3 is 6.36 Å². The number of benzene rings is 2. The number of nitrogens with zero attached hydrogens (tertiary/aromatic N) is 2. The topological polar surface area (TPSA) is 52.6 Å². The Balaban J connectivity index is 1.24. The molecule has 0 bridgehead atoms. The molecule has 3 aliphatic heterocycles. The number of alkyl halides is 3. The maximum Gasteiger partial charge on any atom is 0.573 e. The van der Waals surface area contributed by atoms with E-state index in [1.807, 2.05) is 18.2 Å². The van der Waals surface area contributed by atoms with Crippen LogP contribution < -0.4 is 19.1 Å². The van der Waals surface area contributed by atoms with Gasteiger partial charge in [0.15, 0.2) is 17.8 Å². The molecule has 0 N–H and O–H groups in total. The third-order valence-electron chi connectivity index (χ3n) is 6.54. The van der Waals surface area contributed by atoms with E-state index in [1.54, 1.807) is 12.1 Å². The monoisotopic (exact) mass is 494 g/mol. The van der Waals surface area contributed by atoms with Crippen molar-refractivity contribution in [1.82, 2.24) is 4.90 Å². The maximum atomic E-state index is 13.0. The molecule has 1 atom stereocenters. The average Bonchev–Trinajstić information content (AvgIpc) is 3.39. The number of rotatable bonds is 7. The van der Waals surface area contributed by atoms with E-state index in [0.29, 0.717) is 45.0 Å². The van der Waals surface area contributed by atoms with Crippen LogP contribution in [0.4, 0.5) is 18.9 Å². The zero-order chi connectivity index (χ0) is 24.3. The minimum absolute atomic E-state index is 0.204. The smallest absolute Gasteiger partial charge is 0.486 e. The number of piperazine rings is 1. The highest BCUT2D eigenvalue weighted by atomic mass is 19.4. The molecule has 2 fully saturated rings. The van der Waals surface area contributed by atoms with Gasteiger partial charge in [0.2, 0.25) is 0 Å². The van der Waals surface area contributed by atoms with E-state index >= 15 is 0 Å². The van der Waals surface area contributed by atoms with Gasteiger partial charge in [-0.15, -0.1) is 13.2 Å². The summed E-state index contributed by atoms with van der Waals surface area (Å²) in [7, 11) is 0. The van der Waals surface area contributed by atoms with Crippen LogP contribution in [0.15, 0.2) is 42.5 Å². The Labute approximate surface area is 202 Å². The van der Waals surface area contributed by atoms with Crippen molar-refractivity contribution < 1.29 is 36.9 Å². The van der Waals surface area contributed by atoms with E-state index in [-0.39, 0.29) is 11.7 Å². The second-order valence-corrected chi connectivity index (χ2v) is 8.72. The highest BCUT2D eigenvalue weighted by molar-refractivity contribution is 5.65. The molecule has 0 radical (unpaired) electrons. The minimum atomic E-state index is -4.76. The first kappa shape index (κ1) is 24.0.